The third-order valence-electron chi connectivity index (χ3n) is 3.53. The highest BCUT2D eigenvalue weighted by Gasteiger charge is 2.13. The standard InChI is InChI=1S/C17H14N2O4S/c1-10-13(7-6-11-4-3-5-12(8-11)23-2)18-17-19(15(10)20)9-14(24-17)16(21)22/h3-9H,1-2H3,(H,21,22). The zero-order valence-electron chi connectivity index (χ0n) is 13.0. The molecule has 3 aromatic rings. The predicted molar refractivity (Wildman–Crippen MR) is 93.0 cm³/mol. The Morgan fingerprint density at radius 3 is 2.88 bits per heavy atom. The van der Waals surface area contributed by atoms with E-state index in [4.69, 9.17) is 9.84 Å². The molecule has 0 saturated carbocycles. The van der Waals surface area contributed by atoms with Crippen LogP contribution >= 0.6 is 11.3 Å². The van der Waals surface area contributed by atoms with Crippen molar-refractivity contribution in [2.45, 2.75) is 6.92 Å². The predicted octanol–water partition coefficient (Wildman–Crippen LogP) is 2.94. The molecule has 6 nitrogen and oxygen atoms in total. The molecule has 0 atom stereocenters. The van der Waals surface area contributed by atoms with Crippen molar-refractivity contribution in [1.82, 2.24) is 9.38 Å². The number of aromatic carboxylic acids is 1. The van der Waals surface area contributed by atoms with Gasteiger partial charge >= 0.3 is 5.97 Å². The van der Waals surface area contributed by atoms with Gasteiger partial charge in [-0.05, 0) is 30.7 Å². The Kier molecular flexibility index (Phi) is 4.18. The molecule has 0 aliphatic rings. The fourth-order valence-corrected chi connectivity index (χ4v) is 3.05. The largest absolute Gasteiger partial charge is 0.497 e. The van der Waals surface area contributed by atoms with E-state index in [1.54, 1.807) is 20.1 Å². The van der Waals surface area contributed by atoms with Crippen molar-refractivity contribution < 1.29 is 14.6 Å². The number of nitrogens with zero attached hydrogens (tertiary/aromatic N) is 2. The first-order valence-corrected chi connectivity index (χ1v) is 7.89. The number of rotatable bonds is 4. The number of aromatic nitrogens is 2. The lowest BCUT2D eigenvalue weighted by atomic mass is 10.1. The van der Waals surface area contributed by atoms with Crippen LogP contribution in [0.4, 0.5) is 0 Å². The van der Waals surface area contributed by atoms with Crippen LogP contribution in [-0.2, 0) is 0 Å². The normalized spacial score (nSPS) is 11.2. The Labute approximate surface area is 141 Å². The molecule has 2 heterocycles. The lowest BCUT2D eigenvalue weighted by molar-refractivity contribution is 0.0701. The summed E-state index contributed by atoms with van der Waals surface area (Å²) in [5.74, 6) is -0.335. The maximum Gasteiger partial charge on any atom is 0.347 e. The van der Waals surface area contributed by atoms with Crippen molar-refractivity contribution >= 4 is 34.4 Å². The van der Waals surface area contributed by atoms with Gasteiger partial charge in [-0.2, -0.15) is 0 Å². The second-order valence-electron chi connectivity index (χ2n) is 5.09. The molecule has 0 aliphatic heterocycles. The number of benzene rings is 1. The van der Waals surface area contributed by atoms with Crippen LogP contribution in [-0.4, -0.2) is 27.6 Å². The maximum absolute atomic E-state index is 12.4. The molecule has 0 amide bonds. The van der Waals surface area contributed by atoms with E-state index in [1.165, 1.54) is 10.6 Å². The lowest BCUT2D eigenvalue weighted by Gasteiger charge is -2.02. The zero-order chi connectivity index (χ0) is 17.3. The van der Waals surface area contributed by atoms with Gasteiger partial charge in [-0.25, -0.2) is 9.78 Å². The average Bonchev–Trinajstić information content (AvgIpc) is 3.01. The molecule has 0 saturated heterocycles. The van der Waals surface area contributed by atoms with Crippen LogP contribution in [0.25, 0.3) is 17.1 Å². The minimum Gasteiger partial charge on any atom is -0.497 e. The van der Waals surface area contributed by atoms with E-state index in [0.717, 1.165) is 22.6 Å². The van der Waals surface area contributed by atoms with Crippen LogP contribution in [0.2, 0.25) is 0 Å². The molecule has 2 aromatic heterocycles. The number of carboxylic acids is 1. The fourth-order valence-electron chi connectivity index (χ4n) is 2.23. The van der Waals surface area contributed by atoms with Gasteiger partial charge in [0.05, 0.1) is 12.8 Å². The second kappa shape index (κ2) is 6.29. The summed E-state index contributed by atoms with van der Waals surface area (Å²) in [5.41, 5.74) is 1.62. The average molecular weight is 342 g/mol. The maximum atomic E-state index is 12.4. The summed E-state index contributed by atoms with van der Waals surface area (Å²) < 4.78 is 6.45. The summed E-state index contributed by atoms with van der Waals surface area (Å²) in [7, 11) is 1.60. The molecule has 0 fully saturated rings. The molecule has 3 rings (SSSR count). The monoisotopic (exact) mass is 342 g/mol. The summed E-state index contributed by atoms with van der Waals surface area (Å²) in [6.07, 6.45) is 4.88. The van der Waals surface area contributed by atoms with Crippen LogP contribution in [0.15, 0.2) is 35.3 Å². The van der Waals surface area contributed by atoms with Gasteiger partial charge in [-0.3, -0.25) is 9.20 Å². The van der Waals surface area contributed by atoms with E-state index in [9.17, 15) is 9.59 Å². The molecule has 7 heteroatoms. The van der Waals surface area contributed by atoms with Crippen molar-refractivity contribution in [2.75, 3.05) is 7.11 Å². The van der Waals surface area contributed by atoms with Gasteiger partial charge < -0.3 is 9.84 Å². The lowest BCUT2D eigenvalue weighted by Crippen LogP contribution is -2.17. The van der Waals surface area contributed by atoms with Gasteiger partial charge in [0.25, 0.3) is 5.56 Å². The first-order valence-electron chi connectivity index (χ1n) is 7.08. The number of hydrogen-bond acceptors (Lipinski definition) is 5. The van der Waals surface area contributed by atoms with Crippen LogP contribution in [0.1, 0.15) is 26.5 Å². The molecule has 0 spiro atoms. The Morgan fingerprint density at radius 2 is 2.17 bits per heavy atom. The van der Waals surface area contributed by atoms with Crippen molar-refractivity contribution in [3.63, 3.8) is 0 Å². The van der Waals surface area contributed by atoms with Gasteiger partial charge in [0, 0.05) is 11.8 Å². The summed E-state index contributed by atoms with van der Waals surface area (Å²) >= 11 is 0.969. The number of ether oxygens (including phenoxy) is 1. The highest BCUT2D eigenvalue weighted by Crippen LogP contribution is 2.18. The van der Waals surface area contributed by atoms with Crippen molar-refractivity contribution in [3.05, 3.63) is 62.5 Å². The molecular weight excluding hydrogens is 328 g/mol. The SMILES string of the molecule is COc1cccc(C=Cc2nc3sc(C(=O)O)cn3c(=O)c2C)c1. The Bertz CT molecular complexity index is 1020. The van der Waals surface area contributed by atoms with E-state index in [1.807, 2.05) is 30.3 Å². The Morgan fingerprint density at radius 1 is 1.38 bits per heavy atom. The van der Waals surface area contributed by atoms with Gasteiger partial charge in [-0.15, -0.1) is 0 Å². The molecule has 0 unspecified atom stereocenters. The van der Waals surface area contributed by atoms with Crippen LogP contribution < -0.4 is 10.3 Å². The van der Waals surface area contributed by atoms with E-state index >= 15 is 0 Å². The van der Waals surface area contributed by atoms with E-state index in [2.05, 4.69) is 4.98 Å². The zero-order valence-corrected chi connectivity index (χ0v) is 13.8. The summed E-state index contributed by atoms with van der Waals surface area (Å²) in [4.78, 5) is 28.3. The molecular formula is C17H14N2O4S. The number of methoxy groups -OCH3 is 1. The fraction of sp³-hybridized carbons (Fsp3) is 0.118. The highest BCUT2D eigenvalue weighted by atomic mass is 32.1. The topological polar surface area (TPSA) is 80.9 Å². The van der Waals surface area contributed by atoms with Crippen molar-refractivity contribution in [3.8, 4) is 5.75 Å². The first-order chi connectivity index (χ1) is 11.5. The molecule has 0 radical (unpaired) electrons. The van der Waals surface area contributed by atoms with Gasteiger partial charge in [0.1, 0.15) is 10.6 Å². The van der Waals surface area contributed by atoms with Gasteiger partial charge in [0.15, 0.2) is 4.96 Å². The third-order valence-corrected chi connectivity index (χ3v) is 4.50. The highest BCUT2D eigenvalue weighted by molar-refractivity contribution is 7.18. The number of carboxylic acid groups (broad SMARTS) is 1. The van der Waals surface area contributed by atoms with Gasteiger partial charge in [-0.1, -0.05) is 29.5 Å². The third kappa shape index (κ3) is 2.93. The summed E-state index contributed by atoms with van der Waals surface area (Å²) in [5, 5.41) is 9.06. The molecule has 122 valence electrons. The number of carbonyl (C=O) groups is 1. The number of hydrogen-bond donors (Lipinski definition) is 1. The molecule has 0 aliphatic carbocycles. The molecule has 1 N–H and O–H groups in total. The second-order valence-corrected chi connectivity index (χ2v) is 6.10. The van der Waals surface area contributed by atoms with Crippen LogP contribution in [0.3, 0.4) is 0 Å². The quantitative estimate of drug-likeness (QED) is 0.788. The smallest absolute Gasteiger partial charge is 0.347 e. The molecule has 24 heavy (non-hydrogen) atoms. The van der Waals surface area contributed by atoms with Crippen LogP contribution in [0.5, 0.6) is 5.75 Å². The summed E-state index contributed by atoms with van der Waals surface area (Å²) in [6.45, 7) is 1.67. The van der Waals surface area contributed by atoms with E-state index < -0.39 is 5.97 Å². The van der Waals surface area contributed by atoms with E-state index in [0.29, 0.717) is 16.2 Å². The number of fused-ring (bicyclic) bond motifs is 1. The van der Waals surface area contributed by atoms with Crippen LogP contribution in [0, 0.1) is 6.92 Å². The Hall–Kier alpha value is -2.93. The minimum absolute atomic E-state index is 0.0768. The molecule has 1 aromatic carbocycles. The number of thiazole rings is 1. The van der Waals surface area contributed by atoms with Gasteiger partial charge in [0.2, 0.25) is 0 Å². The van der Waals surface area contributed by atoms with Crippen molar-refractivity contribution in [1.29, 1.82) is 0 Å². The minimum atomic E-state index is -1.07. The van der Waals surface area contributed by atoms with Crippen molar-refractivity contribution in [2.24, 2.45) is 0 Å². The Balaban J connectivity index is 2.05. The van der Waals surface area contributed by atoms with E-state index in [-0.39, 0.29) is 10.4 Å². The molecule has 0 bridgehead atoms. The summed E-state index contributed by atoms with van der Waals surface area (Å²) in [6, 6.07) is 7.49. The first kappa shape index (κ1) is 15.9.